The van der Waals surface area contributed by atoms with E-state index in [1.165, 1.54) is 6.07 Å². The maximum absolute atomic E-state index is 11.6. The lowest BCUT2D eigenvalue weighted by Crippen LogP contribution is -2.36. The number of alkyl carbamates (subject to hydrolysis) is 1. The van der Waals surface area contributed by atoms with Crippen molar-refractivity contribution in [3.8, 4) is 5.75 Å². The number of carbonyl (C=O) groups excluding carboxylic acids is 1. The van der Waals surface area contributed by atoms with Gasteiger partial charge in [-0.15, -0.1) is 0 Å². The molecule has 1 aromatic carbocycles. The standard InChI is InChI=1S/C14H21ClN2O3/c1-14(2,3)20-13(19)17-8-9(7-16)11-5-4-10(15)6-12(11)18/h4-6,9,18H,7-8,16H2,1-3H3,(H,17,19). The molecule has 20 heavy (non-hydrogen) atoms. The Bertz CT molecular complexity index is 472. The number of phenolic OH excluding ortho intramolecular Hbond substituents is 1. The van der Waals surface area contributed by atoms with Gasteiger partial charge in [0.15, 0.2) is 0 Å². The number of aromatic hydroxyl groups is 1. The van der Waals surface area contributed by atoms with Crippen LogP contribution in [0.15, 0.2) is 18.2 Å². The summed E-state index contributed by atoms with van der Waals surface area (Å²) in [6, 6.07) is 4.83. The molecule has 0 aliphatic carbocycles. The number of amides is 1. The van der Waals surface area contributed by atoms with Crippen LogP contribution in [0.3, 0.4) is 0 Å². The number of hydrogen-bond donors (Lipinski definition) is 3. The van der Waals surface area contributed by atoms with E-state index in [9.17, 15) is 9.90 Å². The highest BCUT2D eigenvalue weighted by Crippen LogP contribution is 2.27. The molecule has 1 atom stereocenters. The minimum atomic E-state index is -0.551. The second-order valence-corrected chi connectivity index (χ2v) is 5.95. The Morgan fingerprint density at radius 1 is 1.50 bits per heavy atom. The topological polar surface area (TPSA) is 84.6 Å². The molecule has 0 bridgehead atoms. The van der Waals surface area contributed by atoms with Crippen molar-refractivity contribution in [2.45, 2.75) is 32.3 Å². The zero-order valence-corrected chi connectivity index (χ0v) is 12.7. The fourth-order valence-corrected chi connectivity index (χ4v) is 1.87. The van der Waals surface area contributed by atoms with Crippen molar-refractivity contribution in [1.82, 2.24) is 5.32 Å². The van der Waals surface area contributed by atoms with E-state index in [4.69, 9.17) is 22.1 Å². The van der Waals surface area contributed by atoms with E-state index in [1.54, 1.807) is 32.9 Å². The number of nitrogens with two attached hydrogens (primary N) is 1. The van der Waals surface area contributed by atoms with Gasteiger partial charge in [0.1, 0.15) is 11.4 Å². The van der Waals surface area contributed by atoms with Gasteiger partial charge in [-0.05, 0) is 32.9 Å². The zero-order valence-electron chi connectivity index (χ0n) is 11.9. The molecule has 1 rings (SSSR count). The van der Waals surface area contributed by atoms with Gasteiger partial charge in [0.05, 0.1) is 0 Å². The molecule has 112 valence electrons. The Hall–Kier alpha value is -1.46. The van der Waals surface area contributed by atoms with E-state index in [-0.39, 0.29) is 24.8 Å². The SMILES string of the molecule is CC(C)(C)OC(=O)NCC(CN)c1ccc(Cl)cc1O. The first-order chi connectivity index (χ1) is 9.23. The molecule has 1 amide bonds. The number of benzene rings is 1. The minimum Gasteiger partial charge on any atom is -0.508 e. The predicted molar refractivity (Wildman–Crippen MR) is 79.1 cm³/mol. The van der Waals surface area contributed by atoms with Crippen LogP contribution in [0, 0.1) is 0 Å². The van der Waals surface area contributed by atoms with Gasteiger partial charge < -0.3 is 20.9 Å². The maximum atomic E-state index is 11.6. The highest BCUT2D eigenvalue weighted by atomic mass is 35.5. The van der Waals surface area contributed by atoms with E-state index in [1.807, 2.05) is 0 Å². The Morgan fingerprint density at radius 3 is 2.65 bits per heavy atom. The van der Waals surface area contributed by atoms with Gasteiger partial charge in [-0.3, -0.25) is 0 Å². The van der Waals surface area contributed by atoms with Crippen LogP contribution in [0.5, 0.6) is 5.75 Å². The summed E-state index contributed by atoms with van der Waals surface area (Å²) in [5, 5.41) is 13.0. The predicted octanol–water partition coefficient (Wildman–Crippen LogP) is 2.61. The molecule has 0 saturated heterocycles. The van der Waals surface area contributed by atoms with Crippen LogP contribution in [-0.4, -0.2) is 29.9 Å². The molecule has 0 spiro atoms. The van der Waals surface area contributed by atoms with Crippen LogP contribution in [-0.2, 0) is 4.74 Å². The summed E-state index contributed by atoms with van der Waals surface area (Å²) in [5.74, 6) is -0.140. The molecule has 1 aromatic rings. The first-order valence-corrected chi connectivity index (χ1v) is 6.76. The number of hydrogen-bond acceptors (Lipinski definition) is 4. The molecule has 0 saturated carbocycles. The minimum absolute atomic E-state index is 0.0685. The molecule has 6 heteroatoms. The summed E-state index contributed by atoms with van der Waals surface area (Å²) >= 11 is 5.78. The third-order valence-corrected chi connectivity index (χ3v) is 2.84. The number of halogens is 1. The molecule has 0 aliphatic rings. The molecule has 1 unspecified atom stereocenters. The monoisotopic (exact) mass is 300 g/mol. The van der Waals surface area contributed by atoms with Crippen molar-refractivity contribution in [2.75, 3.05) is 13.1 Å². The summed E-state index contributed by atoms with van der Waals surface area (Å²) in [5.41, 5.74) is 5.78. The second kappa shape index (κ2) is 6.81. The van der Waals surface area contributed by atoms with Crippen LogP contribution in [0.1, 0.15) is 32.3 Å². The van der Waals surface area contributed by atoms with Crippen LogP contribution in [0.4, 0.5) is 4.79 Å². The van der Waals surface area contributed by atoms with Crippen molar-refractivity contribution >= 4 is 17.7 Å². The number of carbonyl (C=O) groups is 1. The number of phenols is 1. The van der Waals surface area contributed by atoms with E-state index in [0.717, 1.165) is 0 Å². The van der Waals surface area contributed by atoms with Crippen LogP contribution < -0.4 is 11.1 Å². The molecular weight excluding hydrogens is 280 g/mol. The highest BCUT2D eigenvalue weighted by Gasteiger charge is 2.19. The Balaban J connectivity index is 2.66. The molecule has 5 nitrogen and oxygen atoms in total. The first kappa shape index (κ1) is 16.6. The third kappa shape index (κ3) is 5.27. The molecule has 0 radical (unpaired) electrons. The first-order valence-electron chi connectivity index (χ1n) is 6.38. The average molecular weight is 301 g/mol. The summed E-state index contributed by atoms with van der Waals surface area (Å²) < 4.78 is 5.14. The summed E-state index contributed by atoms with van der Waals surface area (Å²) in [7, 11) is 0. The van der Waals surface area contributed by atoms with Crippen molar-refractivity contribution in [3.63, 3.8) is 0 Å². The van der Waals surface area contributed by atoms with Crippen molar-refractivity contribution < 1.29 is 14.6 Å². The summed E-state index contributed by atoms with van der Waals surface area (Å²) in [6.07, 6.45) is -0.510. The molecule has 0 heterocycles. The second-order valence-electron chi connectivity index (χ2n) is 5.52. The normalized spacial score (nSPS) is 12.8. The van der Waals surface area contributed by atoms with Gasteiger partial charge >= 0.3 is 6.09 Å². The Kier molecular flexibility index (Phi) is 5.65. The van der Waals surface area contributed by atoms with Crippen molar-refractivity contribution in [2.24, 2.45) is 5.73 Å². The van der Waals surface area contributed by atoms with Gasteiger partial charge in [-0.2, -0.15) is 0 Å². The molecule has 0 aliphatic heterocycles. The van der Waals surface area contributed by atoms with E-state index in [2.05, 4.69) is 5.32 Å². The van der Waals surface area contributed by atoms with Crippen LogP contribution in [0.25, 0.3) is 0 Å². The maximum Gasteiger partial charge on any atom is 0.407 e. The van der Waals surface area contributed by atoms with Gasteiger partial charge in [0.25, 0.3) is 0 Å². The summed E-state index contributed by atoms with van der Waals surface area (Å²) in [4.78, 5) is 11.6. The lowest BCUT2D eigenvalue weighted by Gasteiger charge is -2.22. The van der Waals surface area contributed by atoms with Gasteiger partial charge in [0, 0.05) is 29.6 Å². The average Bonchev–Trinajstić information content (AvgIpc) is 2.29. The lowest BCUT2D eigenvalue weighted by atomic mass is 9.98. The fourth-order valence-electron chi connectivity index (χ4n) is 1.70. The van der Waals surface area contributed by atoms with Crippen LogP contribution in [0.2, 0.25) is 5.02 Å². The van der Waals surface area contributed by atoms with E-state index >= 15 is 0 Å². The third-order valence-electron chi connectivity index (χ3n) is 2.61. The number of rotatable bonds is 4. The lowest BCUT2D eigenvalue weighted by molar-refractivity contribution is 0.0524. The molecule has 0 fully saturated rings. The van der Waals surface area contributed by atoms with Crippen molar-refractivity contribution in [3.05, 3.63) is 28.8 Å². The molecular formula is C14H21ClN2O3. The van der Waals surface area contributed by atoms with Gasteiger partial charge in [-0.1, -0.05) is 17.7 Å². The van der Waals surface area contributed by atoms with Crippen molar-refractivity contribution in [1.29, 1.82) is 0 Å². The van der Waals surface area contributed by atoms with E-state index in [0.29, 0.717) is 10.6 Å². The van der Waals surface area contributed by atoms with Crippen LogP contribution >= 0.6 is 11.6 Å². The zero-order chi connectivity index (χ0) is 15.3. The molecule has 4 N–H and O–H groups in total. The Labute approximate surface area is 124 Å². The fraction of sp³-hybridized carbons (Fsp3) is 0.500. The van der Waals surface area contributed by atoms with Gasteiger partial charge in [-0.25, -0.2) is 4.79 Å². The number of ether oxygens (including phenoxy) is 1. The Morgan fingerprint density at radius 2 is 2.15 bits per heavy atom. The number of nitrogens with one attached hydrogen (secondary N) is 1. The quantitative estimate of drug-likeness (QED) is 0.798. The van der Waals surface area contributed by atoms with E-state index < -0.39 is 11.7 Å². The molecule has 0 aromatic heterocycles. The smallest absolute Gasteiger partial charge is 0.407 e. The van der Waals surface area contributed by atoms with Gasteiger partial charge in [0.2, 0.25) is 0 Å². The highest BCUT2D eigenvalue weighted by molar-refractivity contribution is 6.30. The summed E-state index contributed by atoms with van der Waals surface area (Å²) in [6.45, 7) is 5.93. The largest absolute Gasteiger partial charge is 0.508 e.